The van der Waals surface area contributed by atoms with Crippen LogP contribution in [-0.4, -0.2) is 60.2 Å². The van der Waals surface area contributed by atoms with Gasteiger partial charge in [-0.25, -0.2) is 19.6 Å². The van der Waals surface area contributed by atoms with Crippen molar-refractivity contribution in [3.63, 3.8) is 0 Å². The summed E-state index contributed by atoms with van der Waals surface area (Å²) in [7, 11) is 0. The molecule has 0 atom stereocenters. The fraction of sp³-hybridized carbons (Fsp3) is 0.263. The molecule has 3 heterocycles. The summed E-state index contributed by atoms with van der Waals surface area (Å²) in [5.74, 6) is -2.37. The van der Waals surface area contributed by atoms with Crippen LogP contribution in [-0.2, 0) is 22.3 Å². The van der Waals surface area contributed by atoms with Crippen LogP contribution in [0.5, 0.6) is 0 Å². The van der Waals surface area contributed by atoms with E-state index in [0.29, 0.717) is 42.7 Å². The summed E-state index contributed by atoms with van der Waals surface area (Å²) in [4.78, 5) is 32.7. The monoisotopic (exact) mass is 451 g/mol. The molecule has 0 spiro atoms. The zero-order valence-corrected chi connectivity index (χ0v) is 16.2. The number of aliphatic carboxylic acids is 2. The van der Waals surface area contributed by atoms with E-state index in [2.05, 4.69) is 20.1 Å². The lowest BCUT2D eigenvalue weighted by Crippen LogP contribution is -2.44. The van der Waals surface area contributed by atoms with E-state index in [1.165, 1.54) is 12.1 Å². The molecule has 4 rings (SSSR count). The van der Waals surface area contributed by atoms with Crippen molar-refractivity contribution < 1.29 is 37.5 Å². The van der Waals surface area contributed by atoms with Crippen LogP contribution in [0.1, 0.15) is 22.9 Å². The standard InChI is InChI=1S/C17H14F3N5O.C2H2O4/c18-17(19,20)13-4-1-3-11(7-13)8-25-9-12(10-25)16-23-15(24-26-16)14-21-5-2-6-22-14;3-1(4)2(5)6/h1-7,12H,8-10H2;(H,3,4)(H,5,6). The number of hydrogen-bond donors (Lipinski definition) is 2. The van der Waals surface area contributed by atoms with Crippen LogP contribution in [0, 0.1) is 0 Å². The third kappa shape index (κ3) is 5.85. The molecule has 0 bridgehead atoms. The van der Waals surface area contributed by atoms with Gasteiger partial charge in [-0.3, -0.25) is 4.90 Å². The van der Waals surface area contributed by atoms with Gasteiger partial charge in [-0.2, -0.15) is 18.2 Å². The van der Waals surface area contributed by atoms with Crippen molar-refractivity contribution >= 4 is 11.9 Å². The quantitative estimate of drug-likeness (QED) is 0.567. The predicted octanol–water partition coefficient (Wildman–Crippen LogP) is 2.30. The van der Waals surface area contributed by atoms with Gasteiger partial charge in [0.25, 0.3) is 0 Å². The third-order valence-electron chi connectivity index (χ3n) is 4.36. The summed E-state index contributed by atoms with van der Waals surface area (Å²) in [6.45, 7) is 1.74. The highest BCUT2D eigenvalue weighted by Gasteiger charge is 2.34. The average molecular weight is 451 g/mol. The minimum absolute atomic E-state index is 0.0609. The highest BCUT2D eigenvalue weighted by molar-refractivity contribution is 6.27. The molecule has 1 saturated heterocycles. The minimum atomic E-state index is -4.33. The number of alkyl halides is 3. The van der Waals surface area contributed by atoms with Gasteiger partial charge in [0.05, 0.1) is 11.5 Å². The normalized spacial score (nSPS) is 14.2. The summed E-state index contributed by atoms with van der Waals surface area (Å²) >= 11 is 0. The van der Waals surface area contributed by atoms with Gasteiger partial charge in [0.15, 0.2) is 0 Å². The van der Waals surface area contributed by atoms with Crippen molar-refractivity contribution in [1.29, 1.82) is 0 Å². The van der Waals surface area contributed by atoms with Crippen LogP contribution in [0.4, 0.5) is 13.2 Å². The zero-order chi connectivity index (χ0) is 23.3. The number of benzene rings is 1. The smallest absolute Gasteiger partial charge is 0.416 e. The van der Waals surface area contributed by atoms with Gasteiger partial charge in [-0.15, -0.1) is 0 Å². The van der Waals surface area contributed by atoms with E-state index in [4.69, 9.17) is 24.3 Å². The maximum atomic E-state index is 12.8. The van der Waals surface area contributed by atoms with Gasteiger partial charge in [0, 0.05) is 32.0 Å². The molecule has 2 aromatic heterocycles. The Morgan fingerprint density at radius 1 is 1.06 bits per heavy atom. The lowest BCUT2D eigenvalue weighted by molar-refractivity contribution is -0.159. The second-order valence-corrected chi connectivity index (χ2v) is 6.73. The van der Waals surface area contributed by atoms with Crippen LogP contribution in [0.15, 0.2) is 47.2 Å². The maximum absolute atomic E-state index is 12.8. The van der Waals surface area contributed by atoms with Crippen molar-refractivity contribution in [2.24, 2.45) is 0 Å². The van der Waals surface area contributed by atoms with E-state index in [1.807, 2.05) is 4.90 Å². The van der Waals surface area contributed by atoms with E-state index >= 15 is 0 Å². The van der Waals surface area contributed by atoms with Crippen LogP contribution in [0.25, 0.3) is 11.6 Å². The van der Waals surface area contributed by atoms with E-state index in [-0.39, 0.29) is 5.92 Å². The van der Waals surface area contributed by atoms with Crippen LogP contribution >= 0.6 is 0 Å². The summed E-state index contributed by atoms with van der Waals surface area (Å²) in [5, 5.41) is 18.7. The molecular weight excluding hydrogens is 435 g/mol. The molecule has 0 amide bonds. The molecule has 0 saturated carbocycles. The predicted molar refractivity (Wildman–Crippen MR) is 100 cm³/mol. The molecule has 13 heteroatoms. The Balaban J connectivity index is 0.000000427. The molecule has 1 aromatic carbocycles. The largest absolute Gasteiger partial charge is 0.473 e. The average Bonchev–Trinajstić information content (AvgIpc) is 3.20. The Hall–Kier alpha value is -3.87. The van der Waals surface area contributed by atoms with Crippen molar-refractivity contribution in [2.75, 3.05) is 13.1 Å². The summed E-state index contributed by atoms with van der Waals surface area (Å²) in [6, 6.07) is 7.08. The Bertz CT molecular complexity index is 1070. The number of nitrogens with zero attached hydrogens (tertiary/aromatic N) is 5. The van der Waals surface area contributed by atoms with E-state index < -0.39 is 23.7 Å². The Morgan fingerprint density at radius 3 is 2.31 bits per heavy atom. The molecule has 32 heavy (non-hydrogen) atoms. The highest BCUT2D eigenvalue weighted by atomic mass is 19.4. The van der Waals surface area contributed by atoms with Gasteiger partial charge in [-0.05, 0) is 17.7 Å². The van der Waals surface area contributed by atoms with Gasteiger partial charge < -0.3 is 14.7 Å². The molecule has 0 radical (unpaired) electrons. The minimum Gasteiger partial charge on any atom is -0.473 e. The summed E-state index contributed by atoms with van der Waals surface area (Å²) < 4.78 is 43.6. The van der Waals surface area contributed by atoms with Gasteiger partial charge in [0.1, 0.15) is 0 Å². The number of halogens is 3. The molecule has 10 nitrogen and oxygen atoms in total. The first kappa shape index (κ1) is 22.8. The lowest BCUT2D eigenvalue weighted by Gasteiger charge is -2.37. The van der Waals surface area contributed by atoms with Crippen molar-refractivity contribution in [2.45, 2.75) is 18.6 Å². The molecule has 168 valence electrons. The van der Waals surface area contributed by atoms with E-state index in [0.717, 1.165) is 6.07 Å². The summed E-state index contributed by atoms with van der Waals surface area (Å²) in [6.07, 6.45) is -1.13. The van der Waals surface area contributed by atoms with Gasteiger partial charge in [0.2, 0.25) is 17.5 Å². The van der Waals surface area contributed by atoms with Crippen molar-refractivity contribution in [1.82, 2.24) is 25.0 Å². The van der Waals surface area contributed by atoms with E-state index in [1.54, 1.807) is 24.5 Å². The van der Waals surface area contributed by atoms with Crippen LogP contribution in [0.2, 0.25) is 0 Å². The topological polar surface area (TPSA) is 143 Å². The molecule has 3 aromatic rings. The Morgan fingerprint density at radius 2 is 1.72 bits per heavy atom. The number of carboxylic acids is 2. The molecular formula is C19H16F3N5O5. The SMILES string of the molecule is FC(F)(F)c1cccc(CN2CC(c3nc(-c4ncccn4)no3)C2)c1.O=C(O)C(=O)O. The Labute approximate surface area is 178 Å². The summed E-state index contributed by atoms with van der Waals surface area (Å²) in [5.41, 5.74) is -0.00124. The number of carboxylic acid groups (broad SMARTS) is 2. The first-order valence-electron chi connectivity index (χ1n) is 9.09. The molecule has 1 aliphatic heterocycles. The maximum Gasteiger partial charge on any atom is 0.416 e. The number of rotatable bonds is 4. The zero-order valence-electron chi connectivity index (χ0n) is 16.2. The number of aromatic nitrogens is 4. The van der Waals surface area contributed by atoms with Crippen LogP contribution < -0.4 is 0 Å². The van der Waals surface area contributed by atoms with E-state index in [9.17, 15) is 13.2 Å². The lowest BCUT2D eigenvalue weighted by atomic mass is 9.99. The fourth-order valence-corrected chi connectivity index (χ4v) is 2.87. The van der Waals surface area contributed by atoms with Crippen molar-refractivity contribution in [3.8, 4) is 11.6 Å². The molecule has 2 N–H and O–H groups in total. The number of hydrogen-bond acceptors (Lipinski definition) is 8. The molecule has 0 aliphatic carbocycles. The second kappa shape index (κ2) is 9.51. The third-order valence-corrected chi connectivity index (χ3v) is 4.36. The highest BCUT2D eigenvalue weighted by Crippen LogP contribution is 2.31. The second-order valence-electron chi connectivity index (χ2n) is 6.73. The van der Waals surface area contributed by atoms with Gasteiger partial charge >= 0.3 is 18.1 Å². The van der Waals surface area contributed by atoms with Gasteiger partial charge in [-0.1, -0.05) is 23.4 Å². The number of likely N-dealkylation sites (tertiary alicyclic amines) is 1. The Kier molecular flexibility index (Phi) is 6.78. The first-order valence-corrected chi connectivity index (χ1v) is 9.09. The number of carbonyl (C=O) groups is 2. The van der Waals surface area contributed by atoms with Crippen molar-refractivity contribution in [3.05, 3.63) is 59.7 Å². The molecule has 0 unspecified atom stereocenters. The first-order chi connectivity index (χ1) is 15.1. The molecule has 1 fully saturated rings. The molecule has 1 aliphatic rings. The fourth-order valence-electron chi connectivity index (χ4n) is 2.87. The van der Waals surface area contributed by atoms with Crippen LogP contribution in [0.3, 0.4) is 0 Å².